The maximum Gasteiger partial charge on any atom is 0.418 e. The van der Waals surface area contributed by atoms with Gasteiger partial charge in [0.15, 0.2) is 0 Å². The van der Waals surface area contributed by atoms with Gasteiger partial charge in [-0.25, -0.2) is 0 Å². The van der Waals surface area contributed by atoms with Crippen LogP contribution in [-0.2, 0) is 10.9 Å². The zero-order valence-corrected chi connectivity index (χ0v) is 9.84. The van der Waals surface area contributed by atoms with Gasteiger partial charge in [0.05, 0.1) is 12.2 Å². The molecular formula is C12H16F3NO. The highest BCUT2D eigenvalue weighted by molar-refractivity contribution is 5.53. The molecule has 0 heterocycles. The van der Waals surface area contributed by atoms with Crippen LogP contribution in [0.2, 0.25) is 0 Å². The second-order valence-electron chi connectivity index (χ2n) is 3.75. The molecule has 0 radical (unpaired) electrons. The molecular weight excluding hydrogens is 231 g/mol. The highest BCUT2D eigenvalue weighted by atomic mass is 19.4. The Kier molecular flexibility index (Phi) is 4.81. The van der Waals surface area contributed by atoms with Crippen LogP contribution in [0.3, 0.4) is 0 Å². The van der Waals surface area contributed by atoms with Gasteiger partial charge in [0.2, 0.25) is 0 Å². The SMILES string of the molecule is CCC(COC)Nc1ccccc1C(F)(F)F. The lowest BCUT2D eigenvalue weighted by molar-refractivity contribution is -0.137. The number of alkyl halides is 3. The monoisotopic (exact) mass is 247 g/mol. The third kappa shape index (κ3) is 3.93. The van der Waals surface area contributed by atoms with E-state index in [-0.39, 0.29) is 11.7 Å². The summed E-state index contributed by atoms with van der Waals surface area (Å²) in [6.45, 7) is 2.27. The molecule has 1 unspecified atom stereocenters. The lowest BCUT2D eigenvalue weighted by atomic mass is 10.1. The molecule has 17 heavy (non-hydrogen) atoms. The molecule has 1 rings (SSSR count). The molecule has 1 aromatic carbocycles. The Balaban J connectivity index is 2.90. The van der Waals surface area contributed by atoms with Crippen molar-refractivity contribution >= 4 is 5.69 Å². The number of anilines is 1. The topological polar surface area (TPSA) is 21.3 Å². The molecule has 0 spiro atoms. The fraction of sp³-hybridized carbons (Fsp3) is 0.500. The first-order valence-electron chi connectivity index (χ1n) is 5.40. The average molecular weight is 247 g/mol. The summed E-state index contributed by atoms with van der Waals surface area (Å²) in [6.07, 6.45) is -3.64. The van der Waals surface area contributed by atoms with Gasteiger partial charge in [0.1, 0.15) is 0 Å². The van der Waals surface area contributed by atoms with Crippen LogP contribution in [0.4, 0.5) is 18.9 Å². The third-order valence-corrected chi connectivity index (χ3v) is 2.45. The summed E-state index contributed by atoms with van der Waals surface area (Å²) in [6, 6.07) is 5.34. The fourth-order valence-electron chi connectivity index (χ4n) is 1.54. The molecule has 1 aromatic rings. The molecule has 0 bridgehead atoms. The van der Waals surface area contributed by atoms with Crippen molar-refractivity contribution in [1.29, 1.82) is 0 Å². The standard InChI is InChI=1S/C12H16F3NO/c1-3-9(8-17-2)16-11-7-5-4-6-10(11)12(13,14)15/h4-7,9,16H,3,8H2,1-2H3. The van der Waals surface area contributed by atoms with Gasteiger partial charge in [-0.05, 0) is 18.6 Å². The van der Waals surface area contributed by atoms with Crippen LogP contribution in [0.5, 0.6) is 0 Å². The van der Waals surface area contributed by atoms with Crippen molar-refractivity contribution < 1.29 is 17.9 Å². The number of para-hydroxylation sites is 1. The van der Waals surface area contributed by atoms with Crippen LogP contribution in [0.1, 0.15) is 18.9 Å². The van der Waals surface area contributed by atoms with Crippen molar-refractivity contribution in [1.82, 2.24) is 0 Å². The summed E-state index contributed by atoms with van der Waals surface area (Å²) in [4.78, 5) is 0. The van der Waals surface area contributed by atoms with E-state index < -0.39 is 11.7 Å². The average Bonchev–Trinajstić information content (AvgIpc) is 2.27. The number of nitrogens with one attached hydrogen (secondary N) is 1. The van der Waals surface area contributed by atoms with E-state index in [1.54, 1.807) is 6.07 Å². The molecule has 0 aliphatic rings. The zero-order valence-electron chi connectivity index (χ0n) is 9.84. The molecule has 0 aliphatic carbocycles. The Morgan fingerprint density at radius 3 is 2.47 bits per heavy atom. The lowest BCUT2D eigenvalue weighted by Gasteiger charge is -2.20. The maximum absolute atomic E-state index is 12.7. The molecule has 0 saturated heterocycles. The second-order valence-corrected chi connectivity index (χ2v) is 3.75. The van der Waals surface area contributed by atoms with E-state index in [4.69, 9.17) is 4.74 Å². The van der Waals surface area contributed by atoms with Gasteiger partial charge in [0.25, 0.3) is 0 Å². The van der Waals surface area contributed by atoms with Gasteiger partial charge in [0, 0.05) is 18.8 Å². The van der Waals surface area contributed by atoms with Crippen molar-refractivity contribution in [2.75, 3.05) is 19.0 Å². The van der Waals surface area contributed by atoms with Gasteiger partial charge in [-0.1, -0.05) is 19.1 Å². The number of hydrogen-bond acceptors (Lipinski definition) is 2. The molecule has 1 N–H and O–H groups in total. The number of rotatable bonds is 5. The molecule has 0 fully saturated rings. The van der Waals surface area contributed by atoms with Crippen LogP contribution < -0.4 is 5.32 Å². The predicted octanol–water partition coefficient (Wildman–Crippen LogP) is 3.54. The molecule has 0 aromatic heterocycles. The zero-order chi connectivity index (χ0) is 12.9. The minimum Gasteiger partial charge on any atom is -0.383 e. The molecule has 2 nitrogen and oxygen atoms in total. The van der Waals surface area contributed by atoms with E-state index in [2.05, 4.69) is 5.32 Å². The van der Waals surface area contributed by atoms with Crippen LogP contribution in [0.25, 0.3) is 0 Å². The van der Waals surface area contributed by atoms with Crippen molar-refractivity contribution in [2.24, 2.45) is 0 Å². The van der Waals surface area contributed by atoms with Gasteiger partial charge >= 0.3 is 6.18 Å². The van der Waals surface area contributed by atoms with Crippen LogP contribution in [0.15, 0.2) is 24.3 Å². The first-order chi connectivity index (χ1) is 7.99. The van der Waals surface area contributed by atoms with Crippen molar-refractivity contribution in [3.05, 3.63) is 29.8 Å². The van der Waals surface area contributed by atoms with E-state index in [1.807, 2.05) is 6.92 Å². The maximum atomic E-state index is 12.7. The summed E-state index contributed by atoms with van der Waals surface area (Å²) in [5, 5.41) is 2.86. The highest BCUT2D eigenvalue weighted by Gasteiger charge is 2.33. The molecule has 0 amide bonds. The normalized spacial score (nSPS) is 13.5. The largest absolute Gasteiger partial charge is 0.418 e. The van der Waals surface area contributed by atoms with Crippen molar-refractivity contribution in [3.63, 3.8) is 0 Å². The number of methoxy groups -OCH3 is 1. The summed E-state index contributed by atoms with van der Waals surface area (Å²) >= 11 is 0. The fourth-order valence-corrected chi connectivity index (χ4v) is 1.54. The summed E-state index contributed by atoms with van der Waals surface area (Å²) in [7, 11) is 1.53. The van der Waals surface area contributed by atoms with Crippen LogP contribution in [0, 0.1) is 0 Å². The smallest absolute Gasteiger partial charge is 0.383 e. The Morgan fingerprint density at radius 1 is 1.29 bits per heavy atom. The quantitative estimate of drug-likeness (QED) is 0.859. The first kappa shape index (κ1) is 13.8. The molecule has 0 saturated carbocycles. The summed E-state index contributed by atoms with van der Waals surface area (Å²) < 4.78 is 43.1. The van der Waals surface area contributed by atoms with E-state index in [0.29, 0.717) is 13.0 Å². The van der Waals surface area contributed by atoms with Gasteiger partial charge < -0.3 is 10.1 Å². The van der Waals surface area contributed by atoms with Crippen LogP contribution in [-0.4, -0.2) is 19.8 Å². The van der Waals surface area contributed by atoms with Crippen molar-refractivity contribution in [3.8, 4) is 0 Å². The number of hydrogen-bond donors (Lipinski definition) is 1. The van der Waals surface area contributed by atoms with E-state index in [0.717, 1.165) is 6.07 Å². The first-order valence-corrected chi connectivity index (χ1v) is 5.40. The van der Waals surface area contributed by atoms with E-state index in [1.165, 1.54) is 19.2 Å². The second kappa shape index (κ2) is 5.91. The Labute approximate surface area is 98.8 Å². The molecule has 5 heteroatoms. The van der Waals surface area contributed by atoms with E-state index >= 15 is 0 Å². The van der Waals surface area contributed by atoms with Crippen LogP contribution >= 0.6 is 0 Å². The Morgan fingerprint density at radius 2 is 1.94 bits per heavy atom. The summed E-state index contributed by atoms with van der Waals surface area (Å²) in [5.74, 6) is 0. The third-order valence-electron chi connectivity index (χ3n) is 2.45. The molecule has 96 valence electrons. The number of halogens is 3. The van der Waals surface area contributed by atoms with Gasteiger partial charge in [-0.2, -0.15) is 13.2 Å². The van der Waals surface area contributed by atoms with E-state index in [9.17, 15) is 13.2 Å². The Hall–Kier alpha value is -1.23. The van der Waals surface area contributed by atoms with Gasteiger partial charge in [-0.15, -0.1) is 0 Å². The lowest BCUT2D eigenvalue weighted by Crippen LogP contribution is -2.25. The minimum atomic E-state index is -4.34. The summed E-state index contributed by atoms with van der Waals surface area (Å²) in [5.41, 5.74) is -0.543. The molecule has 1 atom stereocenters. The number of benzene rings is 1. The van der Waals surface area contributed by atoms with Crippen molar-refractivity contribution in [2.45, 2.75) is 25.6 Å². The predicted molar refractivity (Wildman–Crippen MR) is 61.0 cm³/mol. The minimum absolute atomic E-state index is 0.101. The number of ether oxygens (including phenoxy) is 1. The highest BCUT2D eigenvalue weighted by Crippen LogP contribution is 2.34. The Bertz CT molecular complexity index is 352. The molecule has 0 aliphatic heterocycles. The van der Waals surface area contributed by atoms with Gasteiger partial charge in [-0.3, -0.25) is 0 Å².